The lowest BCUT2D eigenvalue weighted by Crippen LogP contribution is -1.98. The number of aromatic hydroxyl groups is 1. The van der Waals surface area contributed by atoms with Gasteiger partial charge in [0.15, 0.2) is 0 Å². The van der Waals surface area contributed by atoms with Gasteiger partial charge in [0, 0.05) is 10.8 Å². The summed E-state index contributed by atoms with van der Waals surface area (Å²) in [5.74, 6) is 0.178. The minimum atomic E-state index is -4.32. The second-order valence-corrected chi connectivity index (χ2v) is 6.66. The van der Waals surface area contributed by atoms with Gasteiger partial charge in [-0.2, -0.15) is 13.5 Å². The molecule has 2 N–H and O–H groups in total. The maximum absolute atomic E-state index is 11.5. The third kappa shape index (κ3) is 3.12. The van der Waals surface area contributed by atoms with Crippen LogP contribution in [0, 0.1) is 6.92 Å². The molecule has 0 amide bonds. The van der Waals surface area contributed by atoms with Gasteiger partial charge in [0.05, 0.1) is 11.4 Å². The second kappa shape index (κ2) is 6.03. The number of phenolic OH excluding ortho intramolecular Hbond substituents is 1. The first kappa shape index (κ1) is 16.1. The molecule has 0 saturated heterocycles. The maximum Gasteiger partial charge on any atom is 0.295 e. The van der Waals surface area contributed by atoms with E-state index in [0.29, 0.717) is 27.7 Å². The Labute approximate surface area is 138 Å². The van der Waals surface area contributed by atoms with Crippen molar-refractivity contribution in [3.63, 3.8) is 0 Å². The van der Waals surface area contributed by atoms with Crippen LogP contribution in [0.1, 0.15) is 5.56 Å². The number of nitrogens with zero attached hydrogens (tertiary/aromatic N) is 2. The lowest BCUT2D eigenvalue weighted by molar-refractivity contribution is 0.471. The highest BCUT2D eigenvalue weighted by Crippen LogP contribution is 2.32. The van der Waals surface area contributed by atoms with Crippen molar-refractivity contribution in [2.45, 2.75) is 11.8 Å². The first-order valence-corrected chi connectivity index (χ1v) is 8.51. The van der Waals surface area contributed by atoms with E-state index in [1.54, 1.807) is 43.3 Å². The first-order valence-electron chi connectivity index (χ1n) is 7.07. The van der Waals surface area contributed by atoms with Crippen LogP contribution in [-0.4, -0.2) is 18.1 Å². The van der Waals surface area contributed by atoms with E-state index in [1.165, 1.54) is 18.2 Å². The summed E-state index contributed by atoms with van der Waals surface area (Å²) >= 11 is 0. The summed E-state index contributed by atoms with van der Waals surface area (Å²) in [6.07, 6.45) is 0. The van der Waals surface area contributed by atoms with Gasteiger partial charge in [-0.15, -0.1) is 5.11 Å². The minimum absolute atomic E-state index is 0.169. The number of hydrogen-bond acceptors (Lipinski definition) is 5. The number of aryl methyl sites for hydroxylation is 1. The lowest BCUT2D eigenvalue weighted by Gasteiger charge is -2.06. The summed E-state index contributed by atoms with van der Waals surface area (Å²) in [5.41, 5.74) is 1.72. The van der Waals surface area contributed by atoms with Crippen molar-refractivity contribution in [1.29, 1.82) is 0 Å². The molecule has 122 valence electrons. The Morgan fingerprint density at radius 3 is 2.29 bits per heavy atom. The highest BCUT2D eigenvalue weighted by atomic mass is 32.2. The van der Waals surface area contributed by atoms with Crippen LogP contribution < -0.4 is 0 Å². The predicted molar refractivity (Wildman–Crippen MR) is 90.8 cm³/mol. The SMILES string of the molecule is Cc1cc(N=Nc2ccc(S(=O)(=O)O)c3ccccc23)ccc1O. The third-order valence-electron chi connectivity index (χ3n) is 3.59. The Morgan fingerprint density at radius 2 is 1.62 bits per heavy atom. The molecular weight excluding hydrogens is 328 g/mol. The fourth-order valence-corrected chi connectivity index (χ4v) is 3.08. The molecule has 0 spiro atoms. The second-order valence-electron chi connectivity index (χ2n) is 5.27. The van der Waals surface area contributed by atoms with Crippen molar-refractivity contribution in [2.75, 3.05) is 0 Å². The smallest absolute Gasteiger partial charge is 0.295 e. The number of azo groups is 1. The third-order valence-corrected chi connectivity index (χ3v) is 4.50. The molecule has 0 saturated carbocycles. The summed E-state index contributed by atoms with van der Waals surface area (Å²) in [7, 11) is -4.32. The van der Waals surface area contributed by atoms with Crippen LogP contribution in [0.25, 0.3) is 10.8 Å². The molecule has 0 unspecified atom stereocenters. The van der Waals surface area contributed by atoms with E-state index >= 15 is 0 Å². The Hall–Kier alpha value is -2.77. The van der Waals surface area contributed by atoms with Crippen LogP contribution in [0.3, 0.4) is 0 Å². The Morgan fingerprint density at radius 1 is 0.917 bits per heavy atom. The molecule has 0 fully saturated rings. The molecule has 0 aromatic heterocycles. The molecule has 0 aliphatic heterocycles. The molecule has 3 aromatic rings. The first-order chi connectivity index (χ1) is 11.4. The number of benzene rings is 3. The van der Waals surface area contributed by atoms with E-state index in [4.69, 9.17) is 0 Å². The van der Waals surface area contributed by atoms with E-state index < -0.39 is 10.1 Å². The van der Waals surface area contributed by atoms with Gasteiger partial charge in [-0.05, 0) is 42.8 Å². The molecule has 0 heterocycles. The highest BCUT2D eigenvalue weighted by Gasteiger charge is 2.15. The van der Waals surface area contributed by atoms with Crippen molar-refractivity contribution in [3.05, 3.63) is 60.2 Å². The normalized spacial score (nSPS) is 12.1. The van der Waals surface area contributed by atoms with Crippen molar-refractivity contribution < 1.29 is 18.1 Å². The average Bonchev–Trinajstić information content (AvgIpc) is 2.54. The quantitative estimate of drug-likeness (QED) is 0.540. The van der Waals surface area contributed by atoms with Crippen LogP contribution in [0.4, 0.5) is 11.4 Å². The van der Waals surface area contributed by atoms with Gasteiger partial charge < -0.3 is 5.11 Å². The molecule has 6 nitrogen and oxygen atoms in total. The Kier molecular flexibility index (Phi) is 4.04. The number of hydrogen-bond donors (Lipinski definition) is 2. The van der Waals surface area contributed by atoms with E-state index in [9.17, 15) is 18.1 Å². The predicted octanol–water partition coefficient (Wildman–Crippen LogP) is 4.52. The van der Waals surface area contributed by atoms with Gasteiger partial charge in [-0.3, -0.25) is 4.55 Å². The maximum atomic E-state index is 11.5. The van der Waals surface area contributed by atoms with Gasteiger partial charge in [0.2, 0.25) is 0 Å². The molecule has 0 aliphatic rings. The van der Waals surface area contributed by atoms with Gasteiger partial charge in [-0.1, -0.05) is 24.3 Å². The number of rotatable bonds is 3. The lowest BCUT2D eigenvalue weighted by atomic mass is 10.1. The van der Waals surface area contributed by atoms with E-state index in [2.05, 4.69) is 10.2 Å². The standard InChI is InChI=1S/C17H14N2O4S/c1-11-10-12(6-8-16(11)20)18-19-15-7-9-17(24(21,22)23)14-5-3-2-4-13(14)15/h2-10,20H,1H3,(H,21,22,23). The highest BCUT2D eigenvalue weighted by molar-refractivity contribution is 7.86. The van der Waals surface area contributed by atoms with Crippen LogP contribution in [0.2, 0.25) is 0 Å². The summed E-state index contributed by atoms with van der Waals surface area (Å²) < 4.78 is 32.3. The van der Waals surface area contributed by atoms with Crippen molar-refractivity contribution >= 4 is 32.3 Å². The molecule has 0 aliphatic carbocycles. The molecule has 0 radical (unpaired) electrons. The van der Waals surface area contributed by atoms with Crippen LogP contribution >= 0.6 is 0 Å². The zero-order chi connectivity index (χ0) is 17.3. The minimum Gasteiger partial charge on any atom is -0.508 e. The summed E-state index contributed by atoms with van der Waals surface area (Å²) in [4.78, 5) is -0.169. The zero-order valence-electron chi connectivity index (χ0n) is 12.7. The summed E-state index contributed by atoms with van der Waals surface area (Å²) in [6, 6.07) is 14.4. The van der Waals surface area contributed by atoms with Gasteiger partial charge in [0.25, 0.3) is 10.1 Å². The fourth-order valence-electron chi connectivity index (χ4n) is 2.38. The van der Waals surface area contributed by atoms with Crippen molar-refractivity contribution in [2.24, 2.45) is 10.2 Å². The molecule has 0 atom stereocenters. The zero-order valence-corrected chi connectivity index (χ0v) is 13.5. The summed E-state index contributed by atoms with van der Waals surface area (Å²) in [5, 5.41) is 18.7. The topological polar surface area (TPSA) is 99.3 Å². The average molecular weight is 342 g/mol. The van der Waals surface area contributed by atoms with Crippen LogP contribution in [0.5, 0.6) is 5.75 Å². The Bertz CT molecular complexity index is 1060. The van der Waals surface area contributed by atoms with Gasteiger partial charge in [0.1, 0.15) is 10.6 Å². The molecule has 3 aromatic carbocycles. The number of phenols is 1. The van der Waals surface area contributed by atoms with Gasteiger partial charge in [-0.25, -0.2) is 0 Å². The fraction of sp³-hybridized carbons (Fsp3) is 0.0588. The van der Waals surface area contributed by atoms with E-state index in [0.717, 1.165) is 0 Å². The van der Waals surface area contributed by atoms with Crippen molar-refractivity contribution in [1.82, 2.24) is 0 Å². The Balaban J connectivity index is 2.11. The monoisotopic (exact) mass is 342 g/mol. The summed E-state index contributed by atoms with van der Waals surface area (Å²) in [6.45, 7) is 1.75. The van der Waals surface area contributed by atoms with Gasteiger partial charge >= 0.3 is 0 Å². The van der Waals surface area contributed by atoms with E-state index in [-0.39, 0.29) is 10.6 Å². The molecule has 7 heteroatoms. The molecule has 24 heavy (non-hydrogen) atoms. The molecule has 0 bridgehead atoms. The molecule has 3 rings (SSSR count). The van der Waals surface area contributed by atoms with Crippen LogP contribution in [0.15, 0.2) is 69.7 Å². The van der Waals surface area contributed by atoms with Crippen LogP contribution in [-0.2, 0) is 10.1 Å². The van der Waals surface area contributed by atoms with E-state index in [1.807, 2.05) is 0 Å². The number of fused-ring (bicyclic) bond motifs is 1. The van der Waals surface area contributed by atoms with Crippen molar-refractivity contribution in [3.8, 4) is 5.75 Å². The molecular formula is C17H14N2O4S. The largest absolute Gasteiger partial charge is 0.508 e.